The number of nitrogens with one attached hydrogen (secondary N) is 1. The molecule has 3 rings (SSSR count). The van der Waals surface area contributed by atoms with Gasteiger partial charge in [-0.15, -0.1) is 0 Å². The summed E-state index contributed by atoms with van der Waals surface area (Å²) in [5, 5.41) is 2.51. The average molecular weight is 371 g/mol. The highest BCUT2D eigenvalue weighted by Gasteiger charge is 2.30. The summed E-state index contributed by atoms with van der Waals surface area (Å²) in [6, 6.07) is 17.0. The number of anilines is 3. The predicted molar refractivity (Wildman–Crippen MR) is 98.1 cm³/mol. The van der Waals surface area contributed by atoms with Gasteiger partial charge in [-0.3, -0.25) is 4.79 Å². The predicted octanol–water partition coefficient (Wildman–Crippen LogP) is 5.12. The van der Waals surface area contributed by atoms with Gasteiger partial charge in [-0.2, -0.15) is 13.2 Å². The lowest BCUT2D eigenvalue weighted by atomic mass is 10.1. The molecule has 0 aliphatic rings. The van der Waals surface area contributed by atoms with Gasteiger partial charge in [-0.1, -0.05) is 24.3 Å². The van der Waals surface area contributed by atoms with E-state index in [0.29, 0.717) is 5.82 Å². The number of hydrogen-bond acceptors (Lipinski definition) is 3. The molecule has 27 heavy (non-hydrogen) atoms. The molecule has 0 saturated carbocycles. The fourth-order valence-electron chi connectivity index (χ4n) is 2.59. The molecule has 1 heterocycles. The molecule has 0 bridgehead atoms. The first kappa shape index (κ1) is 18.4. The zero-order chi connectivity index (χ0) is 19.4. The largest absolute Gasteiger partial charge is 0.416 e. The zero-order valence-corrected chi connectivity index (χ0v) is 14.4. The summed E-state index contributed by atoms with van der Waals surface area (Å²) in [6.07, 6.45) is -2.93. The van der Waals surface area contributed by atoms with Crippen molar-refractivity contribution in [3.8, 4) is 0 Å². The molecule has 0 radical (unpaired) electrons. The van der Waals surface area contributed by atoms with Crippen molar-refractivity contribution in [3.63, 3.8) is 0 Å². The molecule has 0 saturated heterocycles. The summed E-state index contributed by atoms with van der Waals surface area (Å²) in [6.45, 7) is 0. The maximum absolute atomic E-state index is 12.9. The van der Waals surface area contributed by atoms with E-state index in [9.17, 15) is 18.0 Å². The number of carbonyl (C=O) groups excluding carboxylic acids is 1. The molecule has 0 atom stereocenters. The Hall–Kier alpha value is -3.35. The van der Waals surface area contributed by atoms with E-state index in [1.807, 2.05) is 30.3 Å². The summed E-state index contributed by atoms with van der Waals surface area (Å²) in [4.78, 5) is 18.7. The second-order valence-electron chi connectivity index (χ2n) is 5.80. The van der Waals surface area contributed by atoms with Crippen molar-refractivity contribution < 1.29 is 18.0 Å². The average Bonchev–Trinajstić information content (AvgIpc) is 2.67. The van der Waals surface area contributed by atoms with Gasteiger partial charge in [0.2, 0.25) is 0 Å². The van der Waals surface area contributed by atoms with Crippen molar-refractivity contribution in [2.75, 3.05) is 17.3 Å². The number of carbonyl (C=O) groups is 1. The smallest absolute Gasteiger partial charge is 0.329 e. The van der Waals surface area contributed by atoms with Crippen molar-refractivity contribution in [1.82, 2.24) is 4.98 Å². The molecular formula is C20H16F3N3O. The van der Waals surface area contributed by atoms with Crippen molar-refractivity contribution in [2.24, 2.45) is 0 Å². The zero-order valence-electron chi connectivity index (χ0n) is 14.4. The number of aromatic nitrogens is 1. The molecule has 1 N–H and O–H groups in total. The molecule has 138 valence electrons. The second-order valence-corrected chi connectivity index (χ2v) is 5.80. The van der Waals surface area contributed by atoms with Crippen LogP contribution in [0.1, 0.15) is 15.9 Å². The third-order valence-corrected chi connectivity index (χ3v) is 3.94. The number of halogens is 3. The quantitative estimate of drug-likeness (QED) is 0.692. The van der Waals surface area contributed by atoms with E-state index in [0.717, 1.165) is 17.8 Å². The topological polar surface area (TPSA) is 45.2 Å². The number of benzene rings is 2. The van der Waals surface area contributed by atoms with E-state index in [2.05, 4.69) is 10.3 Å². The Morgan fingerprint density at radius 1 is 1.00 bits per heavy atom. The number of hydrogen-bond donors (Lipinski definition) is 1. The first-order valence-electron chi connectivity index (χ1n) is 8.08. The molecule has 3 aromatic rings. The number of nitrogens with zero attached hydrogens (tertiary/aromatic N) is 2. The first-order valence-corrected chi connectivity index (χ1v) is 8.08. The van der Waals surface area contributed by atoms with Crippen LogP contribution in [0.25, 0.3) is 0 Å². The third-order valence-electron chi connectivity index (χ3n) is 3.94. The van der Waals surface area contributed by atoms with Crippen LogP contribution >= 0.6 is 0 Å². The van der Waals surface area contributed by atoms with Crippen LogP contribution in [0.3, 0.4) is 0 Å². The first-order chi connectivity index (χ1) is 12.9. The molecule has 1 amide bonds. The van der Waals surface area contributed by atoms with E-state index < -0.39 is 17.6 Å². The second kappa shape index (κ2) is 7.49. The summed E-state index contributed by atoms with van der Waals surface area (Å²) >= 11 is 0. The molecule has 0 aliphatic carbocycles. The fourth-order valence-corrected chi connectivity index (χ4v) is 2.59. The minimum absolute atomic E-state index is 0.0620. The number of para-hydroxylation sites is 1. The van der Waals surface area contributed by atoms with Crippen LogP contribution in [-0.4, -0.2) is 17.9 Å². The number of amides is 1. The lowest BCUT2D eigenvalue weighted by Crippen LogP contribution is -2.20. The molecule has 0 spiro atoms. The molecule has 7 heteroatoms. The lowest BCUT2D eigenvalue weighted by Gasteiger charge is -2.21. The Labute approximate surface area is 154 Å². The normalized spacial score (nSPS) is 11.1. The fraction of sp³-hybridized carbons (Fsp3) is 0.100. The third kappa shape index (κ3) is 4.25. The van der Waals surface area contributed by atoms with E-state index in [1.165, 1.54) is 12.1 Å². The maximum Gasteiger partial charge on any atom is 0.416 e. The van der Waals surface area contributed by atoms with Crippen molar-refractivity contribution in [2.45, 2.75) is 6.18 Å². The van der Waals surface area contributed by atoms with E-state index >= 15 is 0 Å². The molecule has 0 unspecified atom stereocenters. The minimum Gasteiger partial charge on any atom is -0.329 e. The Bertz CT molecular complexity index is 942. The summed E-state index contributed by atoms with van der Waals surface area (Å²) in [5.41, 5.74) is 0.311. The SMILES string of the molecule is CN(c1ccccc1)c1ncccc1C(=O)Nc1cccc(C(F)(F)F)c1. The highest BCUT2D eigenvalue weighted by molar-refractivity contribution is 6.08. The number of pyridine rings is 1. The van der Waals surface area contributed by atoms with Crippen molar-refractivity contribution in [1.29, 1.82) is 0 Å². The van der Waals surface area contributed by atoms with Crippen LogP contribution in [0.5, 0.6) is 0 Å². The van der Waals surface area contributed by atoms with Gasteiger partial charge >= 0.3 is 6.18 Å². The summed E-state index contributed by atoms with van der Waals surface area (Å²) in [5.74, 6) is -0.145. The van der Waals surface area contributed by atoms with E-state index in [1.54, 1.807) is 30.3 Å². The van der Waals surface area contributed by atoms with Gasteiger partial charge in [-0.05, 0) is 42.5 Å². The molecular weight excluding hydrogens is 355 g/mol. The summed E-state index contributed by atoms with van der Waals surface area (Å²) < 4.78 is 38.6. The lowest BCUT2D eigenvalue weighted by molar-refractivity contribution is -0.137. The van der Waals surface area contributed by atoms with Gasteiger partial charge < -0.3 is 10.2 Å². The highest BCUT2D eigenvalue weighted by atomic mass is 19.4. The van der Waals surface area contributed by atoms with Crippen LogP contribution in [0.4, 0.5) is 30.4 Å². The van der Waals surface area contributed by atoms with Gasteiger partial charge in [0.1, 0.15) is 5.82 Å². The summed E-state index contributed by atoms with van der Waals surface area (Å²) in [7, 11) is 1.76. The Morgan fingerprint density at radius 2 is 1.74 bits per heavy atom. The van der Waals surface area contributed by atoms with Gasteiger partial charge in [0.25, 0.3) is 5.91 Å². The Morgan fingerprint density at radius 3 is 2.44 bits per heavy atom. The van der Waals surface area contributed by atoms with Crippen molar-refractivity contribution >= 4 is 23.1 Å². The van der Waals surface area contributed by atoms with Gasteiger partial charge in [-0.25, -0.2) is 4.98 Å². The van der Waals surface area contributed by atoms with Crippen LogP contribution in [-0.2, 0) is 6.18 Å². The highest BCUT2D eigenvalue weighted by Crippen LogP contribution is 2.31. The Kier molecular flexibility index (Phi) is 5.12. The van der Waals surface area contributed by atoms with Crippen LogP contribution in [0, 0.1) is 0 Å². The molecule has 1 aromatic heterocycles. The molecule has 4 nitrogen and oxygen atoms in total. The van der Waals surface area contributed by atoms with Crippen LogP contribution in [0.2, 0.25) is 0 Å². The minimum atomic E-state index is -4.48. The number of alkyl halides is 3. The Balaban J connectivity index is 1.88. The van der Waals surface area contributed by atoms with Crippen LogP contribution < -0.4 is 10.2 Å². The molecule has 2 aromatic carbocycles. The maximum atomic E-state index is 12.9. The van der Waals surface area contributed by atoms with Gasteiger partial charge in [0, 0.05) is 24.6 Å². The van der Waals surface area contributed by atoms with Gasteiger partial charge in [0.05, 0.1) is 11.1 Å². The molecule has 0 aliphatic heterocycles. The van der Waals surface area contributed by atoms with E-state index in [4.69, 9.17) is 0 Å². The van der Waals surface area contributed by atoms with E-state index in [-0.39, 0.29) is 11.3 Å². The molecule has 0 fully saturated rings. The number of rotatable bonds is 4. The van der Waals surface area contributed by atoms with Crippen LogP contribution in [0.15, 0.2) is 72.9 Å². The van der Waals surface area contributed by atoms with Crippen molar-refractivity contribution in [3.05, 3.63) is 84.1 Å². The van der Waals surface area contributed by atoms with Gasteiger partial charge in [0.15, 0.2) is 0 Å². The standard InChI is InChI=1S/C20H16F3N3O/c1-26(16-9-3-2-4-10-16)18-17(11-6-12-24-18)19(27)25-15-8-5-7-14(13-15)20(21,22)23/h2-13H,1H3,(H,25,27). The monoisotopic (exact) mass is 371 g/mol.